The maximum atomic E-state index is 12.3. The lowest BCUT2D eigenvalue weighted by Gasteiger charge is -2.53. The number of fused-ring (bicyclic) bond motifs is 1. The number of carbonyl (C=O) groups excluding carboxylic acids is 1. The van der Waals surface area contributed by atoms with E-state index in [0.29, 0.717) is 5.92 Å². The smallest absolute Gasteiger partial charge is 0.331 e. The highest BCUT2D eigenvalue weighted by molar-refractivity contribution is 6.30. The van der Waals surface area contributed by atoms with Gasteiger partial charge in [-0.3, -0.25) is 0 Å². The summed E-state index contributed by atoms with van der Waals surface area (Å²) in [6.07, 6.45) is 0.959. The Morgan fingerprint density at radius 1 is 1.43 bits per heavy atom. The van der Waals surface area contributed by atoms with Gasteiger partial charge in [0.25, 0.3) is 0 Å². The van der Waals surface area contributed by atoms with Gasteiger partial charge in [0.15, 0.2) is 0 Å². The van der Waals surface area contributed by atoms with Crippen LogP contribution in [-0.4, -0.2) is 24.2 Å². The van der Waals surface area contributed by atoms with Gasteiger partial charge in [-0.15, -0.1) is 0 Å². The Hall–Kier alpha value is -1.22. The fourth-order valence-electron chi connectivity index (χ4n) is 3.80. The quantitative estimate of drug-likeness (QED) is 0.759. The minimum atomic E-state index is -0.735. The summed E-state index contributed by atoms with van der Waals surface area (Å²) in [7, 11) is 1.44. The van der Waals surface area contributed by atoms with Gasteiger partial charge < -0.3 is 9.64 Å². The van der Waals surface area contributed by atoms with Crippen LogP contribution in [0.4, 0.5) is 5.69 Å². The van der Waals surface area contributed by atoms with Gasteiger partial charge >= 0.3 is 5.97 Å². The third-order valence-electron chi connectivity index (χ3n) is 4.42. The molecule has 4 heteroatoms. The minimum Gasteiger partial charge on any atom is -0.467 e. The standard InChI is InChI=1S/C17H24ClNO2/c1-11-10-16(2,3)19(17(4,5)15(20)21-6)14-8-7-12(18)9-13(11)14/h7-9,11H,10H2,1-6H3/t11-/m1/s1. The third kappa shape index (κ3) is 2.64. The second-order valence-corrected chi connectivity index (χ2v) is 7.44. The summed E-state index contributed by atoms with van der Waals surface area (Å²) < 4.78 is 5.02. The average Bonchev–Trinajstić information content (AvgIpc) is 2.37. The fraction of sp³-hybridized carbons (Fsp3) is 0.588. The number of benzene rings is 1. The maximum absolute atomic E-state index is 12.3. The fourth-order valence-corrected chi connectivity index (χ4v) is 3.98. The molecule has 1 atom stereocenters. The Morgan fingerprint density at radius 2 is 2.05 bits per heavy atom. The van der Waals surface area contributed by atoms with Crippen molar-refractivity contribution in [3.05, 3.63) is 28.8 Å². The van der Waals surface area contributed by atoms with Crippen molar-refractivity contribution in [2.45, 2.75) is 58.0 Å². The lowest BCUT2D eigenvalue weighted by molar-refractivity contribution is -0.146. The molecule has 116 valence electrons. The van der Waals surface area contributed by atoms with Crippen molar-refractivity contribution in [2.24, 2.45) is 0 Å². The van der Waals surface area contributed by atoms with Crippen LogP contribution in [0.2, 0.25) is 5.02 Å². The van der Waals surface area contributed by atoms with Crippen LogP contribution in [0.15, 0.2) is 18.2 Å². The van der Waals surface area contributed by atoms with Crippen molar-refractivity contribution in [1.29, 1.82) is 0 Å². The number of ether oxygens (including phenoxy) is 1. The predicted octanol–water partition coefficient (Wildman–Crippen LogP) is 4.38. The van der Waals surface area contributed by atoms with Crippen molar-refractivity contribution < 1.29 is 9.53 Å². The van der Waals surface area contributed by atoms with E-state index in [0.717, 1.165) is 17.1 Å². The van der Waals surface area contributed by atoms with Crippen LogP contribution in [0.25, 0.3) is 0 Å². The number of nitrogens with zero attached hydrogens (tertiary/aromatic N) is 1. The van der Waals surface area contributed by atoms with Crippen molar-refractivity contribution in [2.75, 3.05) is 12.0 Å². The maximum Gasteiger partial charge on any atom is 0.331 e. The number of carbonyl (C=O) groups is 1. The van der Waals surface area contributed by atoms with Crippen LogP contribution >= 0.6 is 11.6 Å². The number of hydrogen-bond acceptors (Lipinski definition) is 3. The number of hydrogen-bond donors (Lipinski definition) is 0. The molecule has 0 radical (unpaired) electrons. The lowest BCUT2D eigenvalue weighted by Crippen LogP contribution is -2.62. The van der Waals surface area contributed by atoms with E-state index in [-0.39, 0.29) is 11.5 Å². The highest BCUT2D eigenvalue weighted by atomic mass is 35.5. The molecule has 0 aromatic heterocycles. The summed E-state index contributed by atoms with van der Waals surface area (Å²) in [6.45, 7) is 10.4. The van der Waals surface area contributed by atoms with Gasteiger partial charge in [0, 0.05) is 16.2 Å². The van der Waals surface area contributed by atoms with E-state index in [2.05, 4.69) is 25.7 Å². The molecule has 0 bridgehead atoms. The summed E-state index contributed by atoms with van der Waals surface area (Å²) in [5, 5.41) is 0.733. The first-order chi connectivity index (χ1) is 9.61. The van der Waals surface area contributed by atoms with E-state index in [4.69, 9.17) is 16.3 Å². The number of esters is 1. The Bertz CT molecular complexity index is 566. The summed E-state index contributed by atoms with van der Waals surface area (Å²) >= 11 is 6.15. The lowest BCUT2D eigenvalue weighted by atomic mass is 9.77. The monoisotopic (exact) mass is 309 g/mol. The molecule has 1 aliphatic heterocycles. The van der Waals surface area contributed by atoms with Crippen LogP contribution in [0.1, 0.15) is 52.5 Å². The first kappa shape index (κ1) is 16.2. The summed E-state index contributed by atoms with van der Waals surface area (Å²) in [5.41, 5.74) is 1.39. The molecule has 0 aliphatic carbocycles. The average molecular weight is 310 g/mol. The van der Waals surface area contributed by atoms with Crippen molar-refractivity contribution in [1.82, 2.24) is 0 Å². The third-order valence-corrected chi connectivity index (χ3v) is 4.65. The first-order valence-electron chi connectivity index (χ1n) is 7.29. The van der Waals surface area contributed by atoms with E-state index in [1.807, 2.05) is 32.0 Å². The molecule has 0 fully saturated rings. The van der Waals surface area contributed by atoms with Gasteiger partial charge in [-0.05, 0) is 63.8 Å². The molecule has 0 unspecified atom stereocenters. The number of halogens is 1. The molecule has 0 saturated heterocycles. The molecular formula is C17H24ClNO2. The van der Waals surface area contributed by atoms with E-state index < -0.39 is 5.54 Å². The van der Waals surface area contributed by atoms with Gasteiger partial charge in [0.2, 0.25) is 0 Å². The highest BCUT2D eigenvalue weighted by Gasteiger charge is 2.47. The van der Waals surface area contributed by atoms with Gasteiger partial charge in [-0.1, -0.05) is 18.5 Å². The molecule has 0 amide bonds. The van der Waals surface area contributed by atoms with Crippen LogP contribution in [-0.2, 0) is 9.53 Å². The highest BCUT2D eigenvalue weighted by Crippen LogP contribution is 2.47. The van der Waals surface area contributed by atoms with Crippen molar-refractivity contribution >= 4 is 23.3 Å². The Balaban J connectivity index is 2.63. The Labute approximate surface area is 132 Å². The molecular weight excluding hydrogens is 286 g/mol. The van der Waals surface area contributed by atoms with E-state index in [9.17, 15) is 4.79 Å². The zero-order valence-corrected chi connectivity index (χ0v) is 14.4. The first-order valence-corrected chi connectivity index (χ1v) is 7.67. The number of rotatable bonds is 2. The SMILES string of the molecule is COC(=O)C(C)(C)N1c2ccc(Cl)cc2[C@H](C)CC1(C)C. The largest absolute Gasteiger partial charge is 0.467 e. The van der Waals surface area contributed by atoms with Gasteiger partial charge in [-0.25, -0.2) is 4.79 Å². The number of methoxy groups -OCH3 is 1. The predicted molar refractivity (Wildman–Crippen MR) is 87.1 cm³/mol. The summed E-state index contributed by atoms with van der Waals surface area (Å²) in [6, 6.07) is 5.91. The molecule has 3 nitrogen and oxygen atoms in total. The molecule has 2 rings (SSSR count). The van der Waals surface area contributed by atoms with Gasteiger partial charge in [0.05, 0.1) is 7.11 Å². The van der Waals surface area contributed by atoms with Crippen molar-refractivity contribution in [3.8, 4) is 0 Å². The van der Waals surface area contributed by atoms with Crippen LogP contribution in [0.5, 0.6) is 0 Å². The molecule has 0 N–H and O–H groups in total. The molecule has 1 heterocycles. The topological polar surface area (TPSA) is 29.5 Å². The van der Waals surface area contributed by atoms with E-state index in [1.165, 1.54) is 12.7 Å². The molecule has 1 aromatic carbocycles. The molecule has 1 aromatic rings. The van der Waals surface area contributed by atoms with Crippen molar-refractivity contribution in [3.63, 3.8) is 0 Å². The zero-order chi connectivity index (χ0) is 16.0. The second kappa shape index (κ2) is 5.20. The van der Waals surface area contributed by atoms with E-state index in [1.54, 1.807) is 0 Å². The summed E-state index contributed by atoms with van der Waals surface area (Å²) in [5.74, 6) is 0.171. The van der Waals surface area contributed by atoms with Crippen LogP contribution in [0.3, 0.4) is 0 Å². The molecule has 0 saturated carbocycles. The molecule has 0 spiro atoms. The Morgan fingerprint density at radius 3 is 2.62 bits per heavy atom. The van der Waals surface area contributed by atoms with E-state index >= 15 is 0 Å². The van der Waals surface area contributed by atoms with Crippen LogP contribution < -0.4 is 4.90 Å². The molecule has 21 heavy (non-hydrogen) atoms. The second-order valence-electron chi connectivity index (χ2n) is 7.01. The van der Waals surface area contributed by atoms with Gasteiger partial charge in [-0.2, -0.15) is 0 Å². The number of anilines is 1. The normalized spacial score (nSPS) is 20.9. The zero-order valence-electron chi connectivity index (χ0n) is 13.7. The summed E-state index contributed by atoms with van der Waals surface area (Å²) in [4.78, 5) is 14.5. The van der Waals surface area contributed by atoms with Gasteiger partial charge in [0.1, 0.15) is 5.54 Å². The molecule has 1 aliphatic rings. The minimum absolute atomic E-state index is 0.141. The van der Waals surface area contributed by atoms with Crippen LogP contribution in [0, 0.1) is 0 Å². The Kier molecular flexibility index (Phi) is 4.00.